The second-order valence-corrected chi connectivity index (χ2v) is 13.0. The topological polar surface area (TPSA) is 143 Å². The van der Waals surface area contributed by atoms with Crippen LogP contribution in [0.5, 0.6) is 0 Å². The van der Waals surface area contributed by atoms with Gasteiger partial charge in [0.05, 0.1) is 16.2 Å². The Morgan fingerprint density at radius 1 is 0.784 bits per heavy atom. The molecule has 10 nitrogen and oxygen atoms in total. The van der Waals surface area contributed by atoms with E-state index in [1.807, 2.05) is 72.1 Å². The molecule has 12 heteroatoms. The molecule has 0 bridgehead atoms. The quantitative estimate of drug-likeness (QED) is 0.0499. The molecule has 5 aromatic carbocycles. The zero-order valence-corrected chi connectivity index (χ0v) is 28.4. The fourth-order valence-electron chi connectivity index (χ4n) is 5.00. The van der Waals surface area contributed by atoms with Gasteiger partial charge < -0.3 is 16.0 Å². The highest BCUT2D eigenvalue weighted by Crippen LogP contribution is 2.38. The van der Waals surface area contributed by atoms with Gasteiger partial charge in [0.1, 0.15) is 10.9 Å². The Labute approximate surface area is 301 Å². The third-order valence-electron chi connectivity index (χ3n) is 7.45. The van der Waals surface area contributed by atoms with Crippen LogP contribution in [-0.2, 0) is 9.59 Å². The van der Waals surface area contributed by atoms with E-state index in [0.29, 0.717) is 21.3 Å². The van der Waals surface area contributed by atoms with Gasteiger partial charge in [-0.3, -0.25) is 24.5 Å². The molecule has 1 aromatic heterocycles. The van der Waals surface area contributed by atoms with E-state index in [1.54, 1.807) is 54.6 Å². The highest BCUT2D eigenvalue weighted by molar-refractivity contribution is 8.00. The van der Waals surface area contributed by atoms with Crippen molar-refractivity contribution in [2.75, 3.05) is 10.6 Å². The monoisotopic (exact) mass is 711 g/mol. The first kappa shape index (κ1) is 34.5. The van der Waals surface area contributed by atoms with Gasteiger partial charge in [-0.05, 0) is 48.0 Å². The number of amides is 3. The summed E-state index contributed by atoms with van der Waals surface area (Å²) in [6.07, 6.45) is 1.27. The minimum atomic E-state index is -0.699. The van der Waals surface area contributed by atoms with E-state index in [2.05, 4.69) is 20.9 Å². The second-order valence-electron chi connectivity index (χ2n) is 11.0. The molecule has 252 valence electrons. The molecule has 1 atom stereocenters. The standard InChI is InChI=1S/C39H29N5O5S2/c45-36(28-17-8-3-9-18-28)41-32(23-29-19-10-11-22-34(29)44(48)49)37(46)40-30-20-12-21-31(24-30)51-35(27-15-6-2-7-16-27)38(47)43-39-42-33(25-50-39)26-13-4-1-5-14-26/h1-25,35H,(H,40,46)(H,41,45)(H,42,43,47)/b32-23+. The largest absolute Gasteiger partial charge is 0.321 e. The summed E-state index contributed by atoms with van der Waals surface area (Å²) >= 11 is 2.63. The molecular formula is C39H29N5O5S2. The number of hydrogen-bond donors (Lipinski definition) is 3. The number of aromatic nitrogens is 1. The summed E-state index contributed by atoms with van der Waals surface area (Å²) in [6.45, 7) is 0. The number of benzene rings is 5. The van der Waals surface area contributed by atoms with Crippen molar-refractivity contribution in [3.05, 3.63) is 177 Å². The van der Waals surface area contributed by atoms with E-state index >= 15 is 0 Å². The number of nitrogens with zero attached hydrogens (tertiary/aromatic N) is 2. The molecule has 0 saturated heterocycles. The Hall–Kier alpha value is -6.37. The van der Waals surface area contributed by atoms with E-state index in [9.17, 15) is 24.5 Å². The molecule has 3 N–H and O–H groups in total. The number of nitrogens with one attached hydrogen (secondary N) is 3. The van der Waals surface area contributed by atoms with Crippen LogP contribution in [0.15, 0.2) is 155 Å². The number of anilines is 2. The smallest absolute Gasteiger partial charge is 0.276 e. The number of hydrogen-bond acceptors (Lipinski definition) is 8. The molecule has 0 aliphatic rings. The van der Waals surface area contributed by atoms with Crippen molar-refractivity contribution in [3.8, 4) is 11.3 Å². The summed E-state index contributed by atoms with van der Waals surface area (Å²) < 4.78 is 0. The lowest BCUT2D eigenvalue weighted by atomic mass is 10.1. The van der Waals surface area contributed by atoms with Crippen LogP contribution in [0.2, 0.25) is 0 Å². The van der Waals surface area contributed by atoms with Gasteiger partial charge in [-0.2, -0.15) is 0 Å². The number of thioether (sulfide) groups is 1. The van der Waals surface area contributed by atoms with Crippen molar-refractivity contribution in [2.24, 2.45) is 0 Å². The normalized spacial score (nSPS) is 11.6. The first-order valence-electron chi connectivity index (χ1n) is 15.6. The van der Waals surface area contributed by atoms with Crippen LogP contribution in [0.4, 0.5) is 16.5 Å². The first-order valence-corrected chi connectivity index (χ1v) is 17.4. The van der Waals surface area contributed by atoms with Crippen LogP contribution >= 0.6 is 23.1 Å². The molecule has 3 amide bonds. The lowest BCUT2D eigenvalue weighted by Gasteiger charge is -2.17. The molecule has 51 heavy (non-hydrogen) atoms. The number of rotatable bonds is 12. The van der Waals surface area contributed by atoms with Crippen molar-refractivity contribution < 1.29 is 19.3 Å². The summed E-state index contributed by atoms with van der Waals surface area (Å²) in [6, 6.07) is 40.2. The number of thiazole rings is 1. The second kappa shape index (κ2) is 16.4. The van der Waals surface area contributed by atoms with Crippen molar-refractivity contribution in [2.45, 2.75) is 10.1 Å². The average Bonchev–Trinajstić information content (AvgIpc) is 3.63. The number of carbonyl (C=O) groups excluding carboxylic acids is 3. The lowest BCUT2D eigenvalue weighted by molar-refractivity contribution is -0.385. The molecule has 6 rings (SSSR count). The zero-order chi connectivity index (χ0) is 35.6. The van der Waals surface area contributed by atoms with Gasteiger partial charge in [-0.15, -0.1) is 23.1 Å². The van der Waals surface area contributed by atoms with Crippen LogP contribution in [0.1, 0.15) is 26.7 Å². The summed E-state index contributed by atoms with van der Waals surface area (Å²) in [5.41, 5.74) is 2.87. The van der Waals surface area contributed by atoms with Gasteiger partial charge in [-0.25, -0.2) is 4.98 Å². The van der Waals surface area contributed by atoms with Gasteiger partial charge >= 0.3 is 0 Å². The maximum absolute atomic E-state index is 13.8. The molecule has 0 fully saturated rings. The van der Waals surface area contributed by atoms with Crippen molar-refractivity contribution in [1.82, 2.24) is 10.3 Å². The fraction of sp³-hybridized carbons (Fsp3) is 0.0256. The predicted octanol–water partition coefficient (Wildman–Crippen LogP) is 8.60. The Morgan fingerprint density at radius 3 is 2.18 bits per heavy atom. The van der Waals surface area contributed by atoms with Gasteiger partial charge in [0.25, 0.3) is 17.5 Å². The van der Waals surface area contributed by atoms with E-state index < -0.39 is 22.0 Å². The van der Waals surface area contributed by atoms with Crippen LogP contribution in [0, 0.1) is 10.1 Å². The van der Waals surface area contributed by atoms with Gasteiger partial charge in [0.15, 0.2) is 5.13 Å². The Kier molecular flexibility index (Phi) is 11.1. The molecule has 0 aliphatic carbocycles. The van der Waals surface area contributed by atoms with Crippen LogP contribution in [-0.4, -0.2) is 27.6 Å². The molecule has 6 aromatic rings. The lowest BCUT2D eigenvalue weighted by Crippen LogP contribution is -2.30. The average molecular weight is 712 g/mol. The molecular weight excluding hydrogens is 683 g/mol. The van der Waals surface area contributed by atoms with Gasteiger partial charge in [0, 0.05) is 33.2 Å². The Balaban J connectivity index is 1.23. The van der Waals surface area contributed by atoms with Crippen LogP contribution in [0.25, 0.3) is 17.3 Å². The van der Waals surface area contributed by atoms with Gasteiger partial charge in [-0.1, -0.05) is 97.1 Å². The maximum atomic E-state index is 13.8. The van der Waals surface area contributed by atoms with E-state index in [0.717, 1.165) is 16.8 Å². The third-order valence-corrected chi connectivity index (χ3v) is 9.46. The highest BCUT2D eigenvalue weighted by atomic mass is 32.2. The molecule has 0 saturated carbocycles. The summed E-state index contributed by atoms with van der Waals surface area (Å²) in [4.78, 5) is 57.0. The Morgan fingerprint density at radius 2 is 1.45 bits per heavy atom. The molecule has 0 radical (unpaired) electrons. The number of nitro groups is 1. The molecule has 1 heterocycles. The molecule has 0 spiro atoms. The van der Waals surface area contributed by atoms with E-state index in [1.165, 1.54) is 47.4 Å². The summed E-state index contributed by atoms with van der Waals surface area (Å²) in [7, 11) is 0. The van der Waals surface area contributed by atoms with Crippen LogP contribution < -0.4 is 16.0 Å². The van der Waals surface area contributed by atoms with E-state index in [4.69, 9.17) is 0 Å². The minimum Gasteiger partial charge on any atom is -0.321 e. The van der Waals surface area contributed by atoms with Gasteiger partial charge in [0.2, 0.25) is 5.91 Å². The van der Waals surface area contributed by atoms with Crippen molar-refractivity contribution in [1.29, 1.82) is 0 Å². The van der Waals surface area contributed by atoms with Crippen molar-refractivity contribution >= 4 is 63.4 Å². The summed E-state index contributed by atoms with van der Waals surface area (Å²) in [5.74, 6) is -1.53. The SMILES string of the molecule is O=C(Nc1cccc(SC(C(=O)Nc2nc(-c3ccccc3)cs2)c2ccccc2)c1)/C(=C\c1ccccc1[N+](=O)[O-])NC(=O)c1ccccc1. The minimum absolute atomic E-state index is 0.137. The van der Waals surface area contributed by atoms with E-state index in [-0.39, 0.29) is 22.9 Å². The first-order chi connectivity index (χ1) is 24.8. The maximum Gasteiger partial charge on any atom is 0.276 e. The Bertz CT molecular complexity index is 2210. The number of para-hydroxylation sites is 1. The fourth-order valence-corrected chi connectivity index (χ4v) is 6.81. The highest BCUT2D eigenvalue weighted by Gasteiger charge is 2.24. The predicted molar refractivity (Wildman–Crippen MR) is 201 cm³/mol. The van der Waals surface area contributed by atoms with Crippen molar-refractivity contribution in [3.63, 3.8) is 0 Å². The summed E-state index contributed by atoms with van der Waals surface area (Å²) in [5, 5.41) is 21.8. The van der Waals surface area contributed by atoms with Crippen LogP contribution in [0.3, 0.4) is 0 Å². The number of nitro benzene ring substituents is 1. The molecule has 1 unspecified atom stereocenters. The third kappa shape index (κ3) is 9.01. The zero-order valence-electron chi connectivity index (χ0n) is 26.8. The molecule has 0 aliphatic heterocycles. The number of carbonyl (C=O) groups is 3.